The number of carboxylic acid groups (broad SMARTS) is 1. The molecule has 0 saturated carbocycles. The summed E-state index contributed by atoms with van der Waals surface area (Å²) >= 11 is 0. The van der Waals surface area contributed by atoms with E-state index >= 15 is 0 Å². The fraction of sp³-hybridized carbons (Fsp3) is 0.364. The summed E-state index contributed by atoms with van der Waals surface area (Å²) in [5.74, 6) is -1.16. The highest BCUT2D eigenvalue weighted by Gasteiger charge is 2.11. The van der Waals surface area contributed by atoms with Crippen LogP contribution in [0, 0.1) is 6.92 Å². The monoisotopic (exact) mass is 257 g/mol. The van der Waals surface area contributed by atoms with E-state index in [1.165, 1.54) is 0 Å². The highest BCUT2D eigenvalue weighted by Crippen LogP contribution is 2.06. The number of sulfonamides is 1. The van der Waals surface area contributed by atoms with Gasteiger partial charge in [-0.3, -0.25) is 4.79 Å². The molecular weight excluding hydrogens is 242 g/mol. The van der Waals surface area contributed by atoms with Crippen LogP contribution in [0.5, 0.6) is 0 Å². The van der Waals surface area contributed by atoms with E-state index in [0.29, 0.717) is 5.56 Å². The van der Waals surface area contributed by atoms with E-state index in [4.69, 9.17) is 5.11 Å². The summed E-state index contributed by atoms with van der Waals surface area (Å²) in [6.07, 6.45) is -0.215. The lowest BCUT2D eigenvalue weighted by Crippen LogP contribution is -2.27. The van der Waals surface area contributed by atoms with Gasteiger partial charge in [0, 0.05) is 6.54 Å². The van der Waals surface area contributed by atoms with Crippen LogP contribution in [0.15, 0.2) is 24.3 Å². The van der Waals surface area contributed by atoms with Gasteiger partial charge in [-0.2, -0.15) is 0 Å². The van der Waals surface area contributed by atoms with Crippen molar-refractivity contribution in [2.45, 2.75) is 19.1 Å². The zero-order valence-electron chi connectivity index (χ0n) is 9.51. The molecule has 0 saturated heterocycles. The van der Waals surface area contributed by atoms with Crippen LogP contribution in [0.2, 0.25) is 0 Å². The minimum absolute atomic E-state index is 0.0798. The Kier molecular flexibility index (Phi) is 4.65. The molecule has 0 aliphatic heterocycles. The molecule has 0 radical (unpaired) electrons. The molecular formula is C11H15NO4S. The lowest BCUT2D eigenvalue weighted by atomic mass is 10.2. The Morgan fingerprint density at radius 1 is 1.29 bits per heavy atom. The Labute approximate surface area is 101 Å². The van der Waals surface area contributed by atoms with E-state index in [1.54, 1.807) is 12.1 Å². The molecule has 0 bridgehead atoms. The van der Waals surface area contributed by atoms with Crippen LogP contribution in [0.1, 0.15) is 17.5 Å². The number of hydrogen-bond acceptors (Lipinski definition) is 3. The third-order valence-electron chi connectivity index (χ3n) is 2.14. The zero-order chi connectivity index (χ0) is 12.9. The Bertz CT molecular complexity index is 479. The van der Waals surface area contributed by atoms with E-state index in [1.807, 2.05) is 19.1 Å². The molecule has 0 aliphatic rings. The van der Waals surface area contributed by atoms with Crippen LogP contribution in [-0.4, -0.2) is 26.0 Å². The summed E-state index contributed by atoms with van der Waals surface area (Å²) in [6.45, 7) is 1.84. The molecule has 5 nitrogen and oxygen atoms in total. The van der Waals surface area contributed by atoms with Gasteiger partial charge in [0.05, 0.1) is 12.2 Å². The van der Waals surface area contributed by atoms with Crippen LogP contribution in [0.3, 0.4) is 0 Å². The number of rotatable bonds is 6. The molecule has 94 valence electrons. The smallest absolute Gasteiger partial charge is 0.304 e. The quantitative estimate of drug-likeness (QED) is 0.792. The second kappa shape index (κ2) is 5.79. The Morgan fingerprint density at radius 3 is 2.41 bits per heavy atom. The highest BCUT2D eigenvalue weighted by atomic mass is 32.2. The van der Waals surface area contributed by atoms with Gasteiger partial charge in [-0.05, 0) is 12.5 Å². The first kappa shape index (κ1) is 13.7. The number of carboxylic acids is 1. The van der Waals surface area contributed by atoms with Crippen molar-refractivity contribution in [2.24, 2.45) is 0 Å². The maximum absolute atomic E-state index is 11.6. The summed E-state index contributed by atoms with van der Waals surface area (Å²) in [4.78, 5) is 10.2. The molecule has 1 aromatic rings. The third kappa shape index (κ3) is 5.46. The zero-order valence-corrected chi connectivity index (χ0v) is 10.3. The van der Waals surface area contributed by atoms with Gasteiger partial charge in [0.15, 0.2) is 0 Å². The number of nitrogens with one attached hydrogen (secondary N) is 1. The average Bonchev–Trinajstić information content (AvgIpc) is 2.20. The lowest BCUT2D eigenvalue weighted by molar-refractivity contribution is -0.136. The van der Waals surface area contributed by atoms with Crippen molar-refractivity contribution in [3.05, 3.63) is 35.4 Å². The molecule has 6 heteroatoms. The van der Waals surface area contributed by atoms with Gasteiger partial charge in [0.25, 0.3) is 0 Å². The minimum Gasteiger partial charge on any atom is -0.481 e. The number of benzene rings is 1. The first-order valence-electron chi connectivity index (χ1n) is 5.14. The molecule has 2 N–H and O–H groups in total. The standard InChI is InChI=1S/C11H15NO4S/c1-9-2-4-10(5-3-9)8-17(15,16)12-7-6-11(13)14/h2-5,12H,6-8H2,1H3,(H,13,14). The Hall–Kier alpha value is -1.40. The van der Waals surface area contributed by atoms with Crippen molar-refractivity contribution in [1.29, 1.82) is 0 Å². The summed E-state index contributed by atoms with van der Waals surface area (Å²) < 4.78 is 25.4. The van der Waals surface area contributed by atoms with E-state index in [2.05, 4.69) is 4.72 Å². The van der Waals surface area contributed by atoms with Gasteiger partial charge in [0.2, 0.25) is 10.0 Å². The summed E-state index contributed by atoms with van der Waals surface area (Å²) in [6, 6.07) is 7.15. The summed E-state index contributed by atoms with van der Waals surface area (Å²) in [7, 11) is -3.46. The number of aliphatic carboxylic acids is 1. The topological polar surface area (TPSA) is 83.5 Å². The lowest BCUT2D eigenvalue weighted by Gasteiger charge is -2.05. The van der Waals surface area contributed by atoms with Crippen molar-refractivity contribution < 1.29 is 18.3 Å². The van der Waals surface area contributed by atoms with Crippen LogP contribution in [0.4, 0.5) is 0 Å². The molecule has 0 amide bonds. The van der Waals surface area contributed by atoms with E-state index in [9.17, 15) is 13.2 Å². The molecule has 0 heterocycles. The first-order valence-corrected chi connectivity index (χ1v) is 6.79. The molecule has 0 atom stereocenters. The predicted molar refractivity (Wildman–Crippen MR) is 64.1 cm³/mol. The van der Waals surface area contributed by atoms with Gasteiger partial charge < -0.3 is 5.11 Å². The summed E-state index contributed by atoms with van der Waals surface area (Å²) in [5.41, 5.74) is 1.74. The van der Waals surface area contributed by atoms with E-state index in [0.717, 1.165) is 5.56 Å². The molecule has 1 rings (SSSR count). The van der Waals surface area contributed by atoms with Gasteiger partial charge >= 0.3 is 5.97 Å². The molecule has 0 fully saturated rings. The minimum atomic E-state index is -3.46. The molecule has 0 aromatic heterocycles. The SMILES string of the molecule is Cc1ccc(CS(=O)(=O)NCCC(=O)O)cc1. The highest BCUT2D eigenvalue weighted by molar-refractivity contribution is 7.88. The largest absolute Gasteiger partial charge is 0.481 e. The van der Waals surface area contributed by atoms with Crippen LogP contribution in [0.25, 0.3) is 0 Å². The van der Waals surface area contributed by atoms with E-state index in [-0.39, 0.29) is 18.7 Å². The molecule has 1 aromatic carbocycles. The maximum atomic E-state index is 11.6. The third-order valence-corrected chi connectivity index (χ3v) is 3.50. The number of carbonyl (C=O) groups is 1. The molecule has 17 heavy (non-hydrogen) atoms. The van der Waals surface area contributed by atoms with Crippen LogP contribution in [-0.2, 0) is 20.6 Å². The molecule has 0 aliphatic carbocycles. The number of aryl methyl sites for hydroxylation is 1. The maximum Gasteiger partial charge on any atom is 0.304 e. The fourth-order valence-corrected chi connectivity index (χ4v) is 2.41. The van der Waals surface area contributed by atoms with Crippen molar-refractivity contribution in [3.63, 3.8) is 0 Å². The average molecular weight is 257 g/mol. The second-order valence-electron chi connectivity index (χ2n) is 3.78. The van der Waals surface area contributed by atoms with Gasteiger partial charge in [-0.25, -0.2) is 13.1 Å². The molecule has 0 unspecified atom stereocenters. The number of hydrogen-bond donors (Lipinski definition) is 2. The Balaban J connectivity index is 2.54. The van der Waals surface area contributed by atoms with Crippen molar-refractivity contribution in [3.8, 4) is 0 Å². The van der Waals surface area contributed by atoms with Gasteiger partial charge in [-0.1, -0.05) is 29.8 Å². The Morgan fingerprint density at radius 2 is 1.88 bits per heavy atom. The van der Waals surface area contributed by atoms with Crippen LogP contribution >= 0.6 is 0 Å². The van der Waals surface area contributed by atoms with E-state index < -0.39 is 16.0 Å². The molecule has 0 spiro atoms. The fourth-order valence-electron chi connectivity index (χ4n) is 1.27. The first-order chi connectivity index (χ1) is 7.89. The normalized spacial score (nSPS) is 11.4. The van der Waals surface area contributed by atoms with Gasteiger partial charge in [0.1, 0.15) is 0 Å². The van der Waals surface area contributed by atoms with Crippen LogP contribution < -0.4 is 4.72 Å². The van der Waals surface area contributed by atoms with Crippen molar-refractivity contribution in [1.82, 2.24) is 4.72 Å². The predicted octanol–water partition coefficient (Wildman–Crippen LogP) is 0.889. The van der Waals surface area contributed by atoms with Crippen molar-refractivity contribution >= 4 is 16.0 Å². The summed E-state index contributed by atoms with van der Waals surface area (Å²) in [5, 5.41) is 8.40. The second-order valence-corrected chi connectivity index (χ2v) is 5.59. The van der Waals surface area contributed by atoms with Crippen molar-refractivity contribution in [2.75, 3.05) is 6.54 Å². The van der Waals surface area contributed by atoms with Gasteiger partial charge in [-0.15, -0.1) is 0 Å².